The van der Waals surface area contributed by atoms with E-state index in [9.17, 15) is 0 Å². The third kappa shape index (κ3) is 1.63. The second kappa shape index (κ2) is 2.91. The van der Waals surface area contributed by atoms with Crippen molar-refractivity contribution in [2.45, 2.75) is 19.8 Å². The van der Waals surface area contributed by atoms with Gasteiger partial charge in [0.05, 0.1) is 0 Å². The topological polar surface area (TPSA) is 3.24 Å². The molecule has 1 aliphatic rings. The van der Waals surface area contributed by atoms with Gasteiger partial charge in [-0.25, -0.2) is 0 Å². The predicted octanol–water partition coefficient (Wildman–Crippen LogP) is 2.17. The van der Waals surface area contributed by atoms with Gasteiger partial charge in [0.1, 0.15) is 0 Å². The van der Waals surface area contributed by atoms with Crippen molar-refractivity contribution < 1.29 is 0 Å². The lowest BCUT2D eigenvalue weighted by atomic mass is 10.1. The first-order chi connectivity index (χ1) is 4.70. The number of hydrogen-bond acceptors (Lipinski definition) is 1. The maximum absolute atomic E-state index is 2.28. The molecule has 0 saturated carbocycles. The summed E-state index contributed by atoms with van der Waals surface area (Å²) in [6.07, 6.45) is 6.94. The molecule has 1 heteroatoms. The largest absolute Gasteiger partial charge is 0.381 e. The lowest BCUT2D eigenvalue weighted by Crippen LogP contribution is -2.12. The van der Waals surface area contributed by atoms with Gasteiger partial charge in [0.15, 0.2) is 0 Å². The average Bonchev–Trinajstić information content (AvgIpc) is 1.88. The summed E-state index contributed by atoms with van der Waals surface area (Å²) < 4.78 is 0. The van der Waals surface area contributed by atoms with E-state index < -0.39 is 0 Å². The van der Waals surface area contributed by atoms with Crippen molar-refractivity contribution in [3.8, 4) is 0 Å². The Morgan fingerprint density at radius 2 is 2.10 bits per heavy atom. The molecule has 0 heterocycles. The highest BCUT2D eigenvalue weighted by atomic mass is 15.1. The minimum atomic E-state index is 1.20. The molecule has 1 rings (SSSR count). The van der Waals surface area contributed by atoms with E-state index in [0.29, 0.717) is 0 Å². The maximum atomic E-state index is 2.28. The summed E-state index contributed by atoms with van der Waals surface area (Å²) in [5, 5.41) is 0. The van der Waals surface area contributed by atoms with Crippen LogP contribution in [0.4, 0.5) is 0 Å². The molecule has 56 valence electrons. The van der Waals surface area contributed by atoms with Crippen molar-refractivity contribution in [1.82, 2.24) is 4.90 Å². The van der Waals surface area contributed by atoms with Gasteiger partial charge in [-0.2, -0.15) is 0 Å². The van der Waals surface area contributed by atoms with Crippen LogP contribution in [0.25, 0.3) is 0 Å². The fourth-order valence-electron chi connectivity index (χ4n) is 1.19. The van der Waals surface area contributed by atoms with Gasteiger partial charge in [0.2, 0.25) is 0 Å². The Morgan fingerprint density at radius 1 is 1.40 bits per heavy atom. The zero-order valence-corrected chi connectivity index (χ0v) is 7.02. The summed E-state index contributed by atoms with van der Waals surface area (Å²) in [4.78, 5) is 2.19. The van der Waals surface area contributed by atoms with Gasteiger partial charge in [0.25, 0.3) is 0 Å². The van der Waals surface area contributed by atoms with Crippen LogP contribution in [0.3, 0.4) is 0 Å². The number of allylic oxidation sites excluding steroid dienone is 4. The molecule has 10 heavy (non-hydrogen) atoms. The smallest absolute Gasteiger partial charge is 0.0133 e. The van der Waals surface area contributed by atoms with Gasteiger partial charge in [-0.05, 0) is 25.8 Å². The monoisotopic (exact) mass is 137 g/mol. The van der Waals surface area contributed by atoms with E-state index in [1.165, 1.54) is 24.1 Å². The molecule has 0 radical (unpaired) electrons. The third-order valence-electron chi connectivity index (χ3n) is 1.84. The van der Waals surface area contributed by atoms with Crippen LogP contribution in [0.1, 0.15) is 19.8 Å². The Balaban J connectivity index is 2.69. The Hall–Kier alpha value is -0.720. The van der Waals surface area contributed by atoms with Crippen LogP contribution in [0.2, 0.25) is 0 Å². The van der Waals surface area contributed by atoms with E-state index in [0.717, 1.165) is 0 Å². The normalized spacial score (nSPS) is 17.9. The summed E-state index contributed by atoms with van der Waals surface area (Å²) in [6, 6.07) is 0. The highest BCUT2D eigenvalue weighted by molar-refractivity contribution is 5.24. The van der Waals surface area contributed by atoms with E-state index >= 15 is 0 Å². The molecule has 0 fully saturated rings. The summed E-state index contributed by atoms with van der Waals surface area (Å²) in [6.45, 7) is 2.16. The van der Waals surface area contributed by atoms with E-state index in [2.05, 4.69) is 38.1 Å². The molecule has 0 aromatic heterocycles. The SMILES string of the molecule is CC1=CCCC(N(C)C)=C1. The molecule has 0 aromatic carbocycles. The van der Waals surface area contributed by atoms with Crippen LogP contribution in [0.5, 0.6) is 0 Å². The van der Waals surface area contributed by atoms with E-state index in [1.54, 1.807) is 0 Å². The van der Waals surface area contributed by atoms with Gasteiger partial charge in [0, 0.05) is 19.8 Å². The minimum Gasteiger partial charge on any atom is -0.381 e. The second-order valence-corrected chi connectivity index (χ2v) is 3.02. The summed E-state index contributed by atoms with van der Waals surface area (Å²) >= 11 is 0. The van der Waals surface area contributed by atoms with Crippen LogP contribution in [-0.4, -0.2) is 19.0 Å². The molecule has 1 aliphatic carbocycles. The van der Waals surface area contributed by atoms with Gasteiger partial charge >= 0.3 is 0 Å². The predicted molar refractivity (Wildman–Crippen MR) is 44.8 cm³/mol. The molecule has 0 aliphatic heterocycles. The van der Waals surface area contributed by atoms with E-state index in [1.807, 2.05) is 0 Å². The minimum absolute atomic E-state index is 1.20. The first-order valence-electron chi connectivity index (χ1n) is 3.75. The second-order valence-electron chi connectivity index (χ2n) is 3.02. The van der Waals surface area contributed by atoms with Crippen LogP contribution < -0.4 is 0 Å². The van der Waals surface area contributed by atoms with Gasteiger partial charge < -0.3 is 4.90 Å². The lowest BCUT2D eigenvalue weighted by Gasteiger charge is -2.19. The quantitative estimate of drug-likeness (QED) is 0.535. The van der Waals surface area contributed by atoms with Gasteiger partial charge in [-0.15, -0.1) is 0 Å². The number of nitrogens with zero attached hydrogens (tertiary/aromatic N) is 1. The van der Waals surface area contributed by atoms with Crippen molar-refractivity contribution >= 4 is 0 Å². The Morgan fingerprint density at radius 3 is 2.50 bits per heavy atom. The average molecular weight is 137 g/mol. The van der Waals surface area contributed by atoms with E-state index in [-0.39, 0.29) is 0 Å². The van der Waals surface area contributed by atoms with E-state index in [4.69, 9.17) is 0 Å². The van der Waals surface area contributed by atoms with Crippen LogP contribution in [0, 0.1) is 0 Å². The number of hydrogen-bond donors (Lipinski definition) is 0. The molecule has 0 aromatic rings. The molecule has 0 spiro atoms. The molecule has 0 atom stereocenters. The zero-order valence-electron chi connectivity index (χ0n) is 7.02. The van der Waals surface area contributed by atoms with Crippen molar-refractivity contribution in [3.05, 3.63) is 23.4 Å². The zero-order chi connectivity index (χ0) is 7.56. The molecular formula is C9H15N. The molecular weight excluding hydrogens is 122 g/mol. The molecule has 0 saturated heterocycles. The fourth-order valence-corrected chi connectivity index (χ4v) is 1.19. The van der Waals surface area contributed by atoms with Crippen LogP contribution in [0.15, 0.2) is 23.4 Å². The molecule has 1 nitrogen and oxygen atoms in total. The Kier molecular flexibility index (Phi) is 2.15. The fraction of sp³-hybridized carbons (Fsp3) is 0.556. The lowest BCUT2D eigenvalue weighted by molar-refractivity contribution is 0.484. The Bertz CT molecular complexity index is 175. The molecule has 0 N–H and O–H groups in total. The first-order valence-corrected chi connectivity index (χ1v) is 3.75. The first kappa shape index (κ1) is 7.39. The molecule has 0 amide bonds. The van der Waals surface area contributed by atoms with Crippen molar-refractivity contribution in [3.63, 3.8) is 0 Å². The van der Waals surface area contributed by atoms with Crippen LogP contribution >= 0.6 is 0 Å². The van der Waals surface area contributed by atoms with Gasteiger partial charge in [-0.1, -0.05) is 11.6 Å². The Labute approximate surface area is 63.0 Å². The number of rotatable bonds is 1. The van der Waals surface area contributed by atoms with Crippen molar-refractivity contribution in [2.75, 3.05) is 14.1 Å². The highest BCUT2D eigenvalue weighted by Gasteiger charge is 2.02. The van der Waals surface area contributed by atoms with Crippen LogP contribution in [-0.2, 0) is 0 Å². The maximum Gasteiger partial charge on any atom is 0.0133 e. The standard InChI is InChI=1S/C9H15N/c1-8-5-4-6-9(7-8)10(2)3/h5,7H,4,6H2,1-3H3. The van der Waals surface area contributed by atoms with Crippen molar-refractivity contribution in [2.24, 2.45) is 0 Å². The molecule has 0 bridgehead atoms. The summed E-state index contributed by atoms with van der Waals surface area (Å²) in [7, 11) is 4.20. The van der Waals surface area contributed by atoms with Crippen molar-refractivity contribution in [1.29, 1.82) is 0 Å². The highest BCUT2D eigenvalue weighted by Crippen LogP contribution is 2.17. The van der Waals surface area contributed by atoms with Gasteiger partial charge in [-0.3, -0.25) is 0 Å². The molecule has 0 unspecified atom stereocenters. The summed E-state index contributed by atoms with van der Waals surface area (Å²) in [5.41, 5.74) is 2.84. The third-order valence-corrected chi connectivity index (χ3v) is 1.84. The summed E-state index contributed by atoms with van der Waals surface area (Å²) in [5.74, 6) is 0.